The standard InChI is InChI=1S/C17H17NO/c1-4-6-14(5-2)19-17-8-7-15-13(11-18)9-12(3)10-16(15)17/h4-6,9-10,17H,1-2,7-8H2,3H3/b14-6+. The lowest BCUT2D eigenvalue weighted by molar-refractivity contribution is 0.128. The van der Waals surface area contributed by atoms with Crippen molar-refractivity contribution in [3.8, 4) is 6.07 Å². The third-order valence-electron chi connectivity index (χ3n) is 3.31. The quantitative estimate of drug-likeness (QED) is 0.595. The fourth-order valence-electron chi connectivity index (χ4n) is 2.50. The fourth-order valence-corrected chi connectivity index (χ4v) is 2.50. The number of nitriles is 1. The van der Waals surface area contributed by atoms with Crippen molar-refractivity contribution < 1.29 is 4.74 Å². The molecule has 19 heavy (non-hydrogen) atoms. The highest BCUT2D eigenvalue weighted by Crippen LogP contribution is 2.37. The largest absolute Gasteiger partial charge is 0.486 e. The van der Waals surface area contributed by atoms with Crippen LogP contribution < -0.4 is 0 Å². The van der Waals surface area contributed by atoms with E-state index in [9.17, 15) is 5.26 Å². The molecule has 1 atom stereocenters. The highest BCUT2D eigenvalue weighted by atomic mass is 16.5. The van der Waals surface area contributed by atoms with Crippen molar-refractivity contribution >= 4 is 0 Å². The van der Waals surface area contributed by atoms with Crippen LogP contribution in [0.15, 0.2) is 49.3 Å². The molecule has 0 spiro atoms. The summed E-state index contributed by atoms with van der Waals surface area (Å²) in [6, 6.07) is 6.33. The van der Waals surface area contributed by atoms with Gasteiger partial charge < -0.3 is 4.74 Å². The molecule has 2 heteroatoms. The third kappa shape index (κ3) is 2.61. The van der Waals surface area contributed by atoms with Gasteiger partial charge in [-0.2, -0.15) is 5.26 Å². The Bertz CT molecular complexity index is 590. The van der Waals surface area contributed by atoms with Gasteiger partial charge in [0.15, 0.2) is 0 Å². The van der Waals surface area contributed by atoms with E-state index >= 15 is 0 Å². The van der Waals surface area contributed by atoms with Gasteiger partial charge in [0.25, 0.3) is 0 Å². The van der Waals surface area contributed by atoms with Crippen LogP contribution in [0.25, 0.3) is 0 Å². The Balaban J connectivity index is 2.35. The molecular formula is C17H17NO. The summed E-state index contributed by atoms with van der Waals surface area (Å²) in [7, 11) is 0. The molecular weight excluding hydrogens is 234 g/mol. The summed E-state index contributed by atoms with van der Waals surface area (Å²) in [5.74, 6) is 0.716. The van der Waals surface area contributed by atoms with Crippen LogP contribution in [0.5, 0.6) is 0 Å². The topological polar surface area (TPSA) is 33.0 Å². The highest BCUT2D eigenvalue weighted by Gasteiger charge is 2.26. The maximum atomic E-state index is 9.19. The predicted molar refractivity (Wildman–Crippen MR) is 76.5 cm³/mol. The first-order valence-corrected chi connectivity index (χ1v) is 6.35. The molecule has 0 radical (unpaired) electrons. The van der Waals surface area contributed by atoms with Gasteiger partial charge in [-0.05, 0) is 54.7 Å². The zero-order valence-corrected chi connectivity index (χ0v) is 11.1. The van der Waals surface area contributed by atoms with Crippen LogP contribution >= 0.6 is 0 Å². The molecule has 2 rings (SSSR count). The minimum Gasteiger partial charge on any atom is -0.486 e. The Labute approximate surface area is 114 Å². The molecule has 0 saturated heterocycles. The van der Waals surface area contributed by atoms with Crippen LogP contribution in [0.1, 0.15) is 34.8 Å². The van der Waals surface area contributed by atoms with Crippen LogP contribution in [0, 0.1) is 18.3 Å². The van der Waals surface area contributed by atoms with Gasteiger partial charge in [0.05, 0.1) is 11.6 Å². The molecule has 0 aromatic heterocycles. The maximum absolute atomic E-state index is 9.19. The molecule has 1 aliphatic rings. The van der Waals surface area contributed by atoms with Gasteiger partial charge in [0.1, 0.15) is 11.9 Å². The Morgan fingerprint density at radius 1 is 1.47 bits per heavy atom. The number of benzene rings is 1. The van der Waals surface area contributed by atoms with Gasteiger partial charge in [0, 0.05) is 0 Å². The van der Waals surface area contributed by atoms with E-state index in [0.29, 0.717) is 5.76 Å². The van der Waals surface area contributed by atoms with E-state index in [2.05, 4.69) is 25.3 Å². The predicted octanol–water partition coefficient (Wildman–Crippen LogP) is 4.13. The lowest BCUT2D eigenvalue weighted by Crippen LogP contribution is -2.00. The van der Waals surface area contributed by atoms with Gasteiger partial charge in [-0.15, -0.1) is 0 Å². The van der Waals surface area contributed by atoms with Crippen LogP contribution in [-0.4, -0.2) is 0 Å². The molecule has 0 N–H and O–H groups in total. The molecule has 1 aliphatic carbocycles. The average Bonchev–Trinajstić information content (AvgIpc) is 2.80. The van der Waals surface area contributed by atoms with Crippen molar-refractivity contribution in [2.45, 2.75) is 25.9 Å². The van der Waals surface area contributed by atoms with Gasteiger partial charge >= 0.3 is 0 Å². The first kappa shape index (κ1) is 13.2. The third-order valence-corrected chi connectivity index (χ3v) is 3.31. The zero-order valence-electron chi connectivity index (χ0n) is 11.1. The van der Waals surface area contributed by atoms with E-state index < -0.39 is 0 Å². The number of nitrogens with zero attached hydrogens (tertiary/aromatic N) is 1. The number of hydrogen-bond acceptors (Lipinski definition) is 2. The van der Waals surface area contributed by atoms with Crippen molar-refractivity contribution in [1.82, 2.24) is 0 Å². The SMILES string of the molecule is C=C/C=C(\C=C)OC1CCc2c(C#N)cc(C)cc21. The number of allylic oxidation sites excluding steroid dienone is 3. The summed E-state index contributed by atoms with van der Waals surface area (Å²) < 4.78 is 5.94. The summed E-state index contributed by atoms with van der Waals surface area (Å²) in [6.07, 6.45) is 6.96. The summed E-state index contributed by atoms with van der Waals surface area (Å²) in [5, 5.41) is 9.19. The number of fused-ring (bicyclic) bond motifs is 1. The molecule has 0 bridgehead atoms. The first-order valence-electron chi connectivity index (χ1n) is 6.35. The molecule has 96 valence electrons. The van der Waals surface area contributed by atoms with Gasteiger partial charge in [-0.25, -0.2) is 0 Å². The summed E-state index contributed by atoms with van der Waals surface area (Å²) in [6.45, 7) is 9.40. The van der Waals surface area contributed by atoms with Crippen molar-refractivity contribution in [2.24, 2.45) is 0 Å². The molecule has 2 nitrogen and oxygen atoms in total. The van der Waals surface area contributed by atoms with Crippen molar-refractivity contribution in [1.29, 1.82) is 5.26 Å². The number of hydrogen-bond donors (Lipinski definition) is 0. The Morgan fingerprint density at radius 3 is 2.89 bits per heavy atom. The normalized spacial score (nSPS) is 17.5. The zero-order chi connectivity index (χ0) is 13.8. The van der Waals surface area contributed by atoms with E-state index in [0.717, 1.165) is 35.1 Å². The van der Waals surface area contributed by atoms with E-state index in [1.165, 1.54) is 0 Å². The van der Waals surface area contributed by atoms with Gasteiger partial charge in [0.2, 0.25) is 0 Å². The first-order chi connectivity index (χ1) is 9.19. The minimum atomic E-state index is 0.00574. The molecule has 0 heterocycles. The van der Waals surface area contributed by atoms with Crippen LogP contribution in [0.4, 0.5) is 0 Å². The van der Waals surface area contributed by atoms with Gasteiger partial charge in [-0.3, -0.25) is 0 Å². The minimum absolute atomic E-state index is 0.00574. The van der Waals surface area contributed by atoms with Crippen LogP contribution in [-0.2, 0) is 11.2 Å². The number of aryl methyl sites for hydroxylation is 1. The molecule has 0 amide bonds. The van der Waals surface area contributed by atoms with Gasteiger partial charge in [-0.1, -0.05) is 25.3 Å². The second-order valence-electron chi connectivity index (χ2n) is 4.65. The average molecular weight is 251 g/mol. The molecule has 0 saturated carbocycles. The Kier molecular flexibility index (Phi) is 3.87. The maximum Gasteiger partial charge on any atom is 0.124 e. The lowest BCUT2D eigenvalue weighted by Gasteiger charge is -2.16. The Hall–Kier alpha value is -2.27. The number of ether oxygens (including phenoxy) is 1. The fraction of sp³-hybridized carbons (Fsp3) is 0.235. The van der Waals surface area contributed by atoms with Crippen molar-refractivity contribution in [2.75, 3.05) is 0 Å². The van der Waals surface area contributed by atoms with E-state index in [-0.39, 0.29) is 6.10 Å². The van der Waals surface area contributed by atoms with E-state index in [1.807, 2.05) is 13.0 Å². The molecule has 0 aliphatic heterocycles. The highest BCUT2D eigenvalue weighted by molar-refractivity contribution is 5.49. The van der Waals surface area contributed by atoms with Crippen LogP contribution in [0.3, 0.4) is 0 Å². The van der Waals surface area contributed by atoms with Crippen LogP contribution in [0.2, 0.25) is 0 Å². The smallest absolute Gasteiger partial charge is 0.124 e. The number of rotatable bonds is 4. The summed E-state index contributed by atoms with van der Waals surface area (Å²) in [4.78, 5) is 0. The van der Waals surface area contributed by atoms with E-state index in [4.69, 9.17) is 4.74 Å². The second kappa shape index (κ2) is 5.58. The molecule has 1 aromatic carbocycles. The second-order valence-corrected chi connectivity index (χ2v) is 4.65. The lowest BCUT2D eigenvalue weighted by atomic mass is 10.0. The van der Waals surface area contributed by atoms with Crippen molar-refractivity contribution in [3.05, 3.63) is 71.5 Å². The summed E-state index contributed by atoms with van der Waals surface area (Å²) in [5.41, 5.74) is 4.13. The van der Waals surface area contributed by atoms with Crippen molar-refractivity contribution in [3.63, 3.8) is 0 Å². The molecule has 1 aromatic rings. The van der Waals surface area contributed by atoms with E-state index in [1.54, 1.807) is 18.2 Å². The molecule has 0 fully saturated rings. The summed E-state index contributed by atoms with van der Waals surface area (Å²) >= 11 is 0. The molecule has 1 unspecified atom stereocenters. The Morgan fingerprint density at radius 2 is 2.26 bits per heavy atom. The monoisotopic (exact) mass is 251 g/mol.